The standard InChI is InChI=1S/C14H16BrClN4O2S2/c1-10-18-12(9-23-10)8-19-2-4-20(5-3-19)24(21,22)13-6-11(15)7-17-14(13)16/h6-7,9H,2-5,8H2,1H3. The lowest BCUT2D eigenvalue weighted by atomic mass is 10.3. The maximum atomic E-state index is 12.8. The zero-order valence-corrected chi connectivity index (χ0v) is 16.9. The van der Waals surface area contributed by atoms with Gasteiger partial charge in [-0.25, -0.2) is 18.4 Å². The van der Waals surface area contributed by atoms with Gasteiger partial charge in [-0.15, -0.1) is 11.3 Å². The number of aryl methyl sites for hydroxylation is 1. The highest BCUT2D eigenvalue weighted by Gasteiger charge is 2.30. The minimum absolute atomic E-state index is 0.00132. The topological polar surface area (TPSA) is 66.4 Å². The molecule has 130 valence electrons. The molecule has 0 unspecified atom stereocenters. The first-order valence-electron chi connectivity index (χ1n) is 7.31. The third kappa shape index (κ3) is 3.97. The van der Waals surface area contributed by atoms with Crippen molar-refractivity contribution in [3.8, 4) is 0 Å². The van der Waals surface area contributed by atoms with Gasteiger partial charge in [-0.1, -0.05) is 11.6 Å². The molecule has 0 aromatic carbocycles. The van der Waals surface area contributed by atoms with Crippen LogP contribution in [0.1, 0.15) is 10.7 Å². The van der Waals surface area contributed by atoms with Crippen LogP contribution in [-0.4, -0.2) is 53.8 Å². The summed E-state index contributed by atoms with van der Waals surface area (Å²) in [5, 5.41) is 3.09. The molecule has 10 heteroatoms. The highest BCUT2D eigenvalue weighted by molar-refractivity contribution is 9.10. The van der Waals surface area contributed by atoms with Crippen LogP contribution in [-0.2, 0) is 16.6 Å². The van der Waals surface area contributed by atoms with E-state index in [-0.39, 0.29) is 10.0 Å². The second-order valence-corrected chi connectivity index (χ2v) is 9.72. The van der Waals surface area contributed by atoms with Gasteiger partial charge in [-0.05, 0) is 28.9 Å². The molecule has 2 aromatic heterocycles. The van der Waals surface area contributed by atoms with E-state index in [9.17, 15) is 8.42 Å². The Labute approximate surface area is 158 Å². The molecule has 1 aliphatic rings. The van der Waals surface area contributed by atoms with Crippen LogP contribution in [0.3, 0.4) is 0 Å². The summed E-state index contributed by atoms with van der Waals surface area (Å²) in [6, 6.07) is 1.50. The van der Waals surface area contributed by atoms with E-state index >= 15 is 0 Å². The minimum Gasteiger partial charge on any atom is -0.295 e. The van der Waals surface area contributed by atoms with Crippen molar-refractivity contribution in [3.63, 3.8) is 0 Å². The lowest BCUT2D eigenvalue weighted by Crippen LogP contribution is -2.48. The molecule has 0 saturated carbocycles. The van der Waals surface area contributed by atoms with Crippen LogP contribution >= 0.6 is 38.9 Å². The van der Waals surface area contributed by atoms with Crippen molar-refractivity contribution >= 4 is 48.9 Å². The minimum atomic E-state index is -3.64. The molecule has 0 N–H and O–H groups in total. The maximum Gasteiger partial charge on any atom is 0.246 e. The van der Waals surface area contributed by atoms with Gasteiger partial charge >= 0.3 is 0 Å². The van der Waals surface area contributed by atoms with Gasteiger partial charge in [0, 0.05) is 48.8 Å². The fourth-order valence-electron chi connectivity index (χ4n) is 2.56. The third-order valence-electron chi connectivity index (χ3n) is 3.77. The molecule has 1 saturated heterocycles. The van der Waals surface area contributed by atoms with Crippen molar-refractivity contribution in [2.45, 2.75) is 18.4 Å². The molecule has 0 aliphatic carbocycles. The fourth-order valence-corrected chi connectivity index (χ4v) is 5.51. The normalized spacial score (nSPS) is 17.3. The average molecular weight is 452 g/mol. The molecular weight excluding hydrogens is 436 g/mol. The zero-order valence-electron chi connectivity index (χ0n) is 12.9. The van der Waals surface area contributed by atoms with Crippen molar-refractivity contribution in [1.82, 2.24) is 19.2 Å². The van der Waals surface area contributed by atoms with E-state index in [0.29, 0.717) is 30.7 Å². The summed E-state index contributed by atoms with van der Waals surface area (Å²) in [5.41, 5.74) is 1.04. The van der Waals surface area contributed by atoms with E-state index in [1.807, 2.05) is 12.3 Å². The number of hydrogen-bond acceptors (Lipinski definition) is 6. The number of hydrogen-bond donors (Lipinski definition) is 0. The zero-order chi connectivity index (χ0) is 17.3. The molecule has 0 spiro atoms. The molecule has 3 heterocycles. The number of sulfonamides is 1. The Morgan fingerprint density at radius 3 is 2.67 bits per heavy atom. The molecule has 3 rings (SSSR count). The summed E-state index contributed by atoms with van der Waals surface area (Å²) in [6.45, 7) is 4.90. The molecule has 1 fully saturated rings. The van der Waals surface area contributed by atoms with E-state index in [0.717, 1.165) is 17.2 Å². The van der Waals surface area contributed by atoms with Crippen LogP contribution in [0.15, 0.2) is 27.0 Å². The number of pyridine rings is 1. The summed E-state index contributed by atoms with van der Waals surface area (Å²) in [4.78, 5) is 10.6. The van der Waals surface area contributed by atoms with Crippen molar-refractivity contribution in [3.05, 3.63) is 38.0 Å². The molecular formula is C14H16BrClN4O2S2. The number of rotatable bonds is 4. The summed E-state index contributed by atoms with van der Waals surface area (Å²) in [7, 11) is -3.64. The Kier molecular flexibility index (Phi) is 5.58. The quantitative estimate of drug-likeness (QED) is 0.669. The van der Waals surface area contributed by atoms with Crippen molar-refractivity contribution < 1.29 is 8.42 Å². The number of thiazole rings is 1. The SMILES string of the molecule is Cc1nc(CN2CCN(S(=O)(=O)c3cc(Br)cnc3Cl)CC2)cs1. The molecule has 0 amide bonds. The van der Waals surface area contributed by atoms with E-state index in [1.54, 1.807) is 11.3 Å². The van der Waals surface area contributed by atoms with E-state index in [2.05, 4.69) is 30.8 Å². The summed E-state index contributed by atoms with van der Waals surface area (Å²) >= 11 is 10.9. The van der Waals surface area contributed by atoms with Crippen molar-refractivity contribution in [2.75, 3.05) is 26.2 Å². The van der Waals surface area contributed by atoms with Gasteiger partial charge in [-0.3, -0.25) is 4.90 Å². The lowest BCUT2D eigenvalue weighted by Gasteiger charge is -2.33. The largest absolute Gasteiger partial charge is 0.295 e. The van der Waals surface area contributed by atoms with Gasteiger partial charge in [0.2, 0.25) is 10.0 Å². The fraction of sp³-hybridized carbons (Fsp3) is 0.429. The Bertz CT molecular complexity index is 835. The number of piperazine rings is 1. The van der Waals surface area contributed by atoms with Gasteiger partial charge < -0.3 is 0 Å². The highest BCUT2D eigenvalue weighted by atomic mass is 79.9. The summed E-state index contributed by atoms with van der Waals surface area (Å²) in [5.74, 6) is 0. The lowest BCUT2D eigenvalue weighted by molar-refractivity contribution is 0.180. The van der Waals surface area contributed by atoms with Crippen LogP contribution in [0.5, 0.6) is 0 Å². The molecule has 0 bridgehead atoms. The van der Waals surface area contributed by atoms with Crippen molar-refractivity contribution in [2.24, 2.45) is 0 Å². The second-order valence-electron chi connectivity index (χ2n) is 5.48. The second kappa shape index (κ2) is 7.35. The Hall–Kier alpha value is -0.580. The molecule has 24 heavy (non-hydrogen) atoms. The van der Waals surface area contributed by atoms with Gasteiger partial charge in [-0.2, -0.15) is 4.31 Å². The average Bonchev–Trinajstić information content (AvgIpc) is 2.95. The first kappa shape index (κ1) is 18.2. The Morgan fingerprint density at radius 2 is 2.04 bits per heavy atom. The molecule has 0 atom stereocenters. The number of nitrogens with zero attached hydrogens (tertiary/aromatic N) is 4. The van der Waals surface area contributed by atoms with Crippen LogP contribution < -0.4 is 0 Å². The Morgan fingerprint density at radius 1 is 1.33 bits per heavy atom. The van der Waals surface area contributed by atoms with Gasteiger partial charge in [0.25, 0.3) is 0 Å². The molecule has 0 radical (unpaired) electrons. The van der Waals surface area contributed by atoms with Crippen LogP contribution in [0, 0.1) is 6.92 Å². The predicted octanol–water partition coefficient (Wildman–Crippen LogP) is 2.77. The molecule has 1 aliphatic heterocycles. The monoisotopic (exact) mass is 450 g/mol. The maximum absolute atomic E-state index is 12.8. The predicted molar refractivity (Wildman–Crippen MR) is 97.8 cm³/mol. The van der Waals surface area contributed by atoms with Crippen LogP contribution in [0.2, 0.25) is 5.15 Å². The van der Waals surface area contributed by atoms with E-state index in [1.165, 1.54) is 16.6 Å². The Balaban J connectivity index is 1.68. The van der Waals surface area contributed by atoms with Crippen molar-refractivity contribution in [1.29, 1.82) is 0 Å². The van der Waals surface area contributed by atoms with Crippen LogP contribution in [0.4, 0.5) is 0 Å². The molecule has 6 nitrogen and oxygen atoms in total. The molecule has 2 aromatic rings. The van der Waals surface area contributed by atoms with E-state index in [4.69, 9.17) is 11.6 Å². The van der Waals surface area contributed by atoms with Gasteiger partial charge in [0.1, 0.15) is 10.0 Å². The highest BCUT2D eigenvalue weighted by Crippen LogP contribution is 2.26. The van der Waals surface area contributed by atoms with Gasteiger partial charge in [0.15, 0.2) is 0 Å². The smallest absolute Gasteiger partial charge is 0.246 e. The summed E-state index contributed by atoms with van der Waals surface area (Å²) in [6.07, 6.45) is 1.48. The van der Waals surface area contributed by atoms with Crippen LogP contribution in [0.25, 0.3) is 0 Å². The first-order valence-corrected chi connectivity index (χ1v) is 10.8. The first-order chi connectivity index (χ1) is 11.4. The number of halogens is 2. The third-order valence-corrected chi connectivity index (χ3v) is 7.36. The van der Waals surface area contributed by atoms with Gasteiger partial charge in [0.05, 0.1) is 10.7 Å². The van der Waals surface area contributed by atoms with E-state index < -0.39 is 10.0 Å². The summed E-state index contributed by atoms with van der Waals surface area (Å²) < 4.78 is 27.6. The number of aromatic nitrogens is 2.